The Morgan fingerprint density at radius 2 is 0.928 bits per heavy atom. The van der Waals surface area contributed by atoms with Crippen molar-refractivity contribution in [3.05, 3.63) is 0 Å². The van der Waals surface area contributed by atoms with Gasteiger partial charge in [0.05, 0.1) is 57.5 Å². The van der Waals surface area contributed by atoms with Gasteiger partial charge in [-0.25, -0.2) is 0 Å². The molecule has 32 aliphatic rings. The summed E-state index contributed by atoms with van der Waals surface area (Å²) in [5, 5.41) is 3.35. The van der Waals surface area contributed by atoms with E-state index >= 15 is 0 Å². The molecule has 0 aromatic heterocycles. The highest BCUT2D eigenvalue weighted by atomic mass is 16.5. The standard InChI is InChI=1S/C9H17N.2C8H15N.C8H14O.2C7H13N.2C7H12O.C7H12.4C6H11N.3C6H10O/c1-10-7-6-9(8-10)4-2-3-5-9;1-9-5-7-2-3-8(4-7)6-9;1-9-6-4-8(2-3-8)5-7-9;1-7-6-8(7)2-4-9-5-3-8;1-8-5-6-2-3-7(8)4-6;1-8-4-2-3-6-5-7(6)8;1-5-4-6-2-3-7(5)8-6;1-5-6-3-2-4-8-7(5)6;1-5-6-3-2-4-7(5)6;2*1-7-3-5-2-6(5)4-7;1-4-5-2-7-3-6(4)5;1-7-3-2-5-4-6(5)7;1-6-2-5(6)3-7-4-6;1-4-5-2-7-3-6(4)5;1-4-6-2-5(6)3-7-4/h2-8H2,1H3;7-8H,2-6H2,1H3;2-7H2,1H3;7H,2-6H2,1H3;2*6-7H,2-5H2,1H3;2*5-7H,2-4H2,1H3;5-7H,2-4H2,1H3;2*5-6H,2-4H2,1H3;4-7H,2-3H2,1H3;5-6H,2-4H2,1H3;5H,2-4H2,1H3;2*4-6H,2-3H2,1H3. The highest BCUT2D eigenvalue weighted by Crippen LogP contribution is 2.61. The number of rotatable bonds is 0. The molecule has 16 aliphatic heterocycles. The van der Waals surface area contributed by atoms with Gasteiger partial charge in [0, 0.05) is 90.3 Å². The van der Waals surface area contributed by atoms with Crippen LogP contribution in [0.1, 0.15) is 280 Å². The Kier molecular flexibility index (Phi) is 32.7. The SMILES string of the molecule is CC12COCC1C2.CC1C2CCCC12.CC1C2CCCOC12.CC1C2CNCC12.CC1C2COCC12.CC1CC12CCOCC2.CC1CC2CCC1O2.CC1OCC2CC21.CN1CC2CC2C1.CN1CC2CC2C1.CN1CC2CCC(C2)C1.CN1CC2CCC1C2.CN1CCC2(CC1)CC2.CN1CCC2(CCCC2)C1.CN1CCC2CC21.CN1CCCC2CC21. The molecule has 16 aliphatic carbocycles. The maximum absolute atomic E-state index is 5.58. The van der Waals surface area contributed by atoms with E-state index in [2.05, 4.69) is 156 Å². The van der Waals surface area contributed by atoms with E-state index in [4.69, 9.17) is 28.4 Å². The molecular formula is C110H197N9O6. The zero-order valence-electron chi connectivity index (χ0n) is 84.0. The first-order chi connectivity index (χ1) is 60.3. The van der Waals surface area contributed by atoms with Crippen LogP contribution >= 0.6 is 0 Å². The Balaban J connectivity index is 0.0000000943. The van der Waals surface area contributed by atoms with Gasteiger partial charge in [-0.05, 0) is 484 Å². The van der Waals surface area contributed by atoms with Crippen molar-refractivity contribution < 1.29 is 28.4 Å². The number of hydrogen-bond donors (Lipinski definition) is 1. The fourth-order valence-corrected chi connectivity index (χ4v) is 29.7. The van der Waals surface area contributed by atoms with Crippen LogP contribution in [-0.4, -0.2) is 289 Å². The molecule has 0 aromatic carbocycles. The maximum Gasteiger partial charge on any atom is 0.0635 e. The van der Waals surface area contributed by atoms with Crippen molar-refractivity contribution >= 4 is 0 Å². The Labute approximate surface area is 768 Å². The Morgan fingerprint density at radius 3 is 1.25 bits per heavy atom. The minimum Gasteiger partial charge on any atom is -0.381 e. The molecule has 32 rings (SSSR count). The smallest absolute Gasteiger partial charge is 0.0635 e. The maximum atomic E-state index is 5.58. The third-order valence-corrected chi connectivity index (χ3v) is 41.1. The van der Waals surface area contributed by atoms with E-state index in [1.54, 1.807) is 12.8 Å². The molecule has 16 saturated carbocycles. The Hall–Kier alpha value is -0.600. The van der Waals surface area contributed by atoms with Crippen LogP contribution < -0.4 is 5.32 Å². The fourth-order valence-electron chi connectivity index (χ4n) is 29.7. The van der Waals surface area contributed by atoms with Gasteiger partial charge in [0.15, 0.2) is 0 Å². The lowest BCUT2D eigenvalue weighted by Gasteiger charge is -2.28. The summed E-state index contributed by atoms with van der Waals surface area (Å²) in [6.07, 6.45) is 53.9. The van der Waals surface area contributed by atoms with Gasteiger partial charge in [0.2, 0.25) is 0 Å². The summed E-state index contributed by atoms with van der Waals surface area (Å²) in [6.45, 7) is 47.1. The van der Waals surface area contributed by atoms with Gasteiger partial charge < -0.3 is 72.9 Å². The van der Waals surface area contributed by atoms with E-state index < -0.39 is 0 Å². The van der Waals surface area contributed by atoms with Crippen molar-refractivity contribution in [1.82, 2.24) is 44.5 Å². The molecule has 0 aromatic rings. The first kappa shape index (κ1) is 96.1. The van der Waals surface area contributed by atoms with E-state index in [-0.39, 0.29) is 0 Å². The van der Waals surface area contributed by atoms with Crippen LogP contribution in [0.3, 0.4) is 0 Å². The third-order valence-electron chi connectivity index (χ3n) is 41.1. The van der Waals surface area contributed by atoms with Crippen LogP contribution in [0.25, 0.3) is 0 Å². The van der Waals surface area contributed by atoms with Crippen molar-refractivity contribution in [2.24, 2.45) is 170 Å². The summed E-state index contributed by atoms with van der Waals surface area (Å²) in [5.74, 6) is 26.0. The van der Waals surface area contributed by atoms with Gasteiger partial charge in [-0.1, -0.05) is 67.7 Å². The molecule has 32 fully saturated rings. The van der Waals surface area contributed by atoms with Crippen molar-refractivity contribution in [2.45, 2.75) is 323 Å². The Bertz CT molecular complexity index is 3040. The number of hydrogen-bond acceptors (Lipinski definition) is 15. The second-order valence-corrected chi connectivity index (χ2v) is 51.1. The van der Waals surface area contributed by atoms with Crippen LogP contribution in [0.4, 0.5) is 0 Å². The van der Waals surface area contributed by atoms with E-state index in [1.165, 1.54) is 322 Å². The second kappa shape index (κ2) is 42.6. The van der Waals surface area contributed by atoms with Gasteiger partial charge >= 0.3 is 0 Å². The number of nitrogens with one attached hydrogen (secondary N) is 1. The number of likely N-dealkylation sites (tertiary alicyclic amines) is 8. The lowest BCUT2D eigenvalue weighted by Crippen LogP contribution is -2.32. The quantitative estimate of drug-likeness (QED) is 0.249. The van der Waals surface area contributed by atoms with Gasteiger partial charge in [-0.3, -0.25) is 0 Å². The van der Waals surface area contributed by atoms with Crippen LogP contribution in [-0.2, 0) is 28.4 Å². The molecule has 16 saturated heterocycles. The van der Waals surface area contributed by atoms with Gasteiger partial charge in [-0.2, -0.15) is 0 Å². The lowest BCUT2D eigenvalue weighted by molar-refractivity contribution is 0.0530. The molecule has 6 bridgehead atoms. The second-order valence-electron chi connectivity index (χ2n) is 51.1. The predicted octanol–water partition coefficient (Wildman–Crippen LogP) is 19.1. The van der Waals surface area contributed by atoms with Crippen molar-refractivity contribution in [2.75, 3.05) is 207 Å². The summed E-state index contributed by atoms with van der Waals surface area (Å²) in [7, 11) is 17.9. The van der Waals surface area contributed by atoms with E-state index in [9.17, 15) is 0 Å². The molecule has 0 amide bonds. The number of fused-ring (bicyclic) bond motifs is 16. The molecule has 30 unspecified atom stereocenters. The minimum absolute atomic E-state index is 0.588. The molecular weight excluding hydrogens is 1540 g/mol. The van der Waals surface area contributed by atoms with E-state index in [0.29, 0.717) is 29.8 Å². The first-order valence-electron chi connectivity index (χ1n) is 55.1. The normalized spacial score (nSPS) is 47.8. The topological polar surface area (TPSA) is 93.3 Å². The average molecular weight is 1740 g/mol. The van der Waals surface area contributed by atoms with Crippen molar-refractivity contribution in [3.8, 4) is 0 Å². The Morgan fingerprint density at radius 1 is 0.352 bits per heavy atom. The summed E-state index contributed by atoms with van der Waals surface area (Å²) < 4.78 is 32.0. The molecule has 3 spiro atoms. The largest absolute Gasteiger partial charge is 0.381 e. The molecule has 718 valence electrons. The number of nitrogens with zero attached hydrogens (tertiary/aromatic N) is 8. The molecule has 0 radical (unpaired) electrons. The molecule has 15 nitrogen and oxygen atoms in total. The summed E-state index contributed by atoms with van der Waals surface area (Å²) in [4.78, 5) is 19.8. The fraction of sp³-hybridized carbons (Fsp3) is 1.00. The molecule has 16 heterocycles. The molecule has 125 heavy (non-hydrogen) atoms. The van der Waals surface area contributed by atoms with Gasteiger partial charge in [0.1, 0.15) is 0 Å². The summed E-state index contributed by atoms with van der Waals surface area (Å²) in [6, 6.07) is 2.99. The van der Waals surface area contributed by atoms with Crippen molar-refractivity contribution in [3.63, 3.8) is 0 Å². The lowest BCUT2D eigenvalue weighted by atomic mass is 9.86. The van der Waals surface area contributed by atoms with Crippen LogP contribution in [0.15, 0.2) is 0 Å². The van der Waals surface area contributed by atoms with Gasteiger partial charge in [-0.15, -0.1) is 0 Å². The van der Waals surface area contributed by atoms with Crippen LogP contribution in [0, 0.1) is 170 Å². The highest BCUT2D eigenvalue weighted by molar-refractivity contribution is 5.07. The van der Waals surface area contributed by atoms with E-state index in [0.717, 1.165) is 223 Å². The van der Waals surface area contributed by atoms with Crippen LogP contribution in [0.2, 0.25) is 0 Å². The molecule has 1 N–H and O–H groups in total. The minimum atomic E-state index is 0.588. The summed E-state index contributed by atoms with van der Waals surface area (Å²) >= 11 is 0. The molecule has 15 heteroatoms. The third kappa shape index (κ3) is 26.6. The zero-order chi connectivity index (χ0) is 87.1. The monoisotopic (exact) mass is 1740 g/mol. The van der Waals surface area contributed by atoms with E-state index in [1.807, 2.05) is 0 Å². The predicted molar refractivity (Wildman–Crippen MR) is 514 cm³/mol. The number of ether oxygens (including phenoxy) is 6. The zero-order valence-corrected chi connectivity index (χ0v) is 84.0. The number of piperidine rings is 8. The molecule has 30 atom stereocenters. The highest BCUT2D eigenvalue weighted by Gasteiger charge is 2.57. The van der Waals surface area contributed by atoms with Gasteiger partial charge in [0.25, 0.3) is 0 Å². The van der Waals surface area contributed by atoms with Crippen LogP contribution in [0.5, 0.6) is 0 Å². The first-order valence-corrected chi connectivity index (χ1v) is 55.1. The summed E-state index contributed by atoms with van der Waals surface area (Å²) in [5.41, 5.74) is 3.06. The van der Waals surface area contributed by atoms with Crippen molar-refractivity contribution in [1.29, 1.82) is 0 Å². The average Bonchev–Trinajstić information content (AvgIpc) is 1.59.